The van der Waals surface area contributed by atoms with Crippen LogP contribution in [-0.4, -0.2) is 21.9 Å². The molecule has 4 aromatic carbocycles. The fourth-order valence-corrected chi connectivity index (χ4v) is 6.43. The van der Waals surface area contributed by atoms with Crippen molar-refractivity contribution in [3.63, 3.8) is 0 Å². The molecule has 224 valence electrons. The van der Waals surface area contributed by atoms with Crippen molar-refractivity contribution in [3.05, 3.63) is 100 Å². The highest BCUT2D eigenvalue weighted by molar-refractivity contribution is 7.18. The second kappa shape index (κ2) is 11.2. The minimum Gasteiger partial charge on any atom is -0.472 e. The van der Waals surface area contributed by atoms with Crippen LogP contribution < -0.4 is 14.2 Å². The maximum Gasteiger partial charge on any atom is 0.432 e. The number of nitrogens with zero attached hydrogens (tertiary/aromatic N) is 2. The number of carbonyl (C=O) groups excluding carboxylic acids is 1. The summed E-state index contributed by atoms with van der Waals surface area (Å²) in [6, 6.07) is 20.5. The topological polar surface area (TPSA) is 70.5 Å². The van der Waals surface area contributed by atoms with Crippen LogP contribution in [0.3, 0.4) is 0 Å². The molecule has 0 spiro atoms. The fourth-order valence-electron chi connectivity index (χ4n) is 4.72. The molecule has 1 atom stereocenters. The van der Waals surface area contributed by atoms with E-state index in [0.29, 0.717) is 17.2 Å². The average Bonchev–Trinajstić information content (AvgIpc) is 3.52. The number of benzene rings is 4. The van der Waals surface area contributed by atoms with Crippen LogP contribution >= 0.6 is 22.7 Å². The quantitative estimate of drug-likeness (QED) is 0.155. The van der Waals surface area contributed by atoms with Gasteiger partial charge >= 0.3 is 6.18 Å². The van der Waals surface area contributed by atoms with Crippen molar-refractivity contribution in [1.82, 2.24) is 9.97 Å². The Balaban J connectivity index is 1.29. The van der Waals surface area contributed by atoms with Gasteiger partial charge in [-0.2, -0.15) is 13.2 Å². The lowest BCUT2D eigenvalue weighted by Gasteiger charge is -2.34. The lowest BCUT2D eigenvalue weighted by atomic mass is 9.94. The smallest absolute Gasteiger partial charge is 0.432 e. The first-order valence-electron chi connectivity index (χ1n) is 13.5. The molecule has 0 aliphatic heterocycles. The van der Waals surface area contributed by atoms with Crippen molar-refractivity contribution in [3.8, 4) is 28.7 Å². The van der Waals surface area contributed by atoms with Gasteiger partial charge in [0.1, 0.15) is 28.7 Å². The van der Waals surface area contributed by atoms with E-state index in [1.165, 1.54) is 72.1 Å². The normalized spacial score (nSPS) is 13.2. The Morgan fingerprint density at radius 3 is 1.70 bits per heavy atom. The summed E-state index contributed by atoms with van der Waals surface area (Å²) in [7, 11) is 0. The number of aromatic nitrogens is 2. The Bertz CT molecular complexity index is 2020. The lowest BCUT2D eigenvalue weighted by molar-refractivity contribution is -0.247. The Morgan fingerprint density at radius 1 is 0.705 bits per heavy atom. The molecule has 1 unspecified atom stereocenters. The number of ether oxygens (including phenoxy) is 3. The van der Waals surface area contributed by atoms with Crippen molar-refractivity contribution in [2.24, 2.45) is 0 Å². The van der Waals surface area contributed by atoms with Crippen LogP contribution in [-0.2, 0) is 5.60 Å². The number of Topliss-reactive ketones (excluding diaryl/α,β-unsaturated/α-hetero) is 1. The molecule has 0 aliphatic carbocycles. The molecule has 0 radical (unpaired) electrons. The van der Waals surface area contributed by atoms with Crippen LogP contribution in [0, 0.1) is 13.8 Å². The Hall–Kier alpha value is -4.48. The lowest BCUT2D eigenvalue weighted by Crippen LogP contribution is -2.45. The maximum atomic E-state index is 14.7. The Kier molecular flexibility index (Phi) is 7.54. The largest absolute Gasteiger partial charge is 0.472 e. The van der Waals surface area contributed by atoms with E-state index in [2.05, 4.69) is 9.97 Å². The highest BCUT2D eigenvalue weighted by Crippen LogP contribution is 2.45. The van der Waals surface area contributed by atoms with Gasteiger partial charge < -0.3 is 14.2 Å². The molecule has 0 aliphatic rings. The number of fused-ring (bicyclic) bond motifs is 2. The van der Waals surface area contributed by atoms with Gasteiger partial charge in [0.25, 0.3) is 0 Å². The summed E-state index contributed by atoms with van der Waals surface area (Å²) >= 11 is 3.02. The van der Waals surface area contributed by atoms with Gasteiger partial charge in [-0.1, -0.05) is 12.1 Å². The summed E-state index contributed by atoms with van der Waals surface area (Å²) in [6.45, 7) is 6.01. The minimum absolute atomic E-state index is 0.00462. The molecule has 6 aromatic rings. The number of carbonyl (C=O) groups is 1. The van der Waals surface area contributed by atoms with Gasteiger partial charge in [-0.15, -0.1) is 22.7 Å². The van der Waals surface area contributed by atoms with Gasteiger partial charge in [0.05, 0.1) is 36.0 Å². The third-order valence-corrected chi connectivity index (χ3v) is 8.86. The number of ketones is 1. The first-order chi connectivity index (χ1) is 20.9. The highest BCUT2D eigenvalue weighted by Gasteiger charge is 2.55. The zero-order valence-electron chi connectivity index (χ0n) is 24.0. The molecule has 44 heavy (non-hydrogen) atoms. The first-order valence-corrected chi connectivity index (χ1v) is 15.1. The summed E-state index contributed by atoms with van der Waals surface area (Å²) in [5, 5.41) is 1.82. The van der Waals surface area contributed by atoms with Crippen LogP contribution in [0.2, 0.25) is 0 Å². The number of aryl methyl sites for hydroxylation is 2. The van der Waals surface area contributed by atoms with Crippen LogP contribution in [0.4, 0.5) is 13.2 Å². The molecular formula is C33H25F3N2O4S2. The summed E-state index contributed by atoms with van der Waals surface area (Å²) in [5.74, 6) is 0.879. The van der Waals surface area contributed by atoms with Crippen LogP contribution in [0.15, 0.2) is 78.9 Å². The van der Waals surface area contributed by atoms with E-state index in [1.54, 1.807) is 18.2 Å². The number of hydrogen-bond acceptors (Lipinski definition) is 8. The summed E-state index contributed by atoms with van der Waals surface area (Å²) in [6.07, 6.45) is -4.84. The monoisotopic (exact) mass is 634 g/mol. The molecule has 6 nitrogen and oxygen atoms in total. The van der Waals surface area contributed by atoms with Gasteiger partial charge in [-0.3, -0.25) is 4.79 Å². The molecule has 0 bridgehead atoms. The second-order valence-corrected chi connectivity index (χ2v) is 12.8. The third-order valence-electron chi connectivity index (χ3n) is 7.00. The number of thiazole rings is 2. The maximum absolute atomic E-state index is 14.7. The molecule has 0 saturated heterocycles. The predicted molar refractivity (Wildman–Crippen MR) is 166 cm³/mol. The van der Waals surface area contributed by atoms with Gasteiger partial charge in [0.15, 0.2) is 5.78 Å². The number of alkyl halides is 3. The standard InChI is InChI=1S/C33H25F3N2O4S2/c1-18(39)26-12-9-23(41-25-11-14-28-31(17-25)44-20(3)38-28)15-29(26)42-32(4,33(34,35)36)21-5-7-22(8-6-21)40-24-10-13-27-30(16-24)43-19(2)37-27/h5-17H,1-4H3. The molecule has 0 N–H and O–H groups in total. The van der Waals surface area contributed by atoms with Gasteiger partial charge in [-0.05, 0) is 76.2 Å². The van der Waals surface area contributed by atoms with Crippen LogP contribution in [0.25, 0.3) is 20.4 Å². The molecule has 0 amide bonds. The second-order valence-electron chi connectivity index (χ2n) is 10.3. The third kappa shape index (κ3) is 5.85. The molecule has 0 saturated carbocycles. The fraction of sp³-hybridized carbons (Fsp3) is 0.182. The van der Waals surface area contributed by atoms with Crippen molar-refractivity contribution >= 4 is 48.9 Å². The zero-order valence-corrected chi connectivity index (χ0v) is 25.6. The predicted octanol–water partition coefficient (Wildman–Crippen LogP) is 10.2. The van der Waals surface area contributed by atoms with E-state index in [0.717, 1.165) is 37.4 Å². The van der Waals surface area contributed by atoms with E-state index in [4.69, 9.17) is 14.2 Å². The van der Waals surface area contributed by atoms with Crippen molar-refractivity contribution in [2.45, 2.75) is 39.5 Å². The summed E-state index contributed by atoms with van der Waals surface area (Å²) in [4.78, 5) is 21.3. The Labute approximate surface area is 258 Å². The highest BCUT2D eigenvalue weighted by atomic mass is 32.1. The molecule has 11 heteroatoms. The minimum atomic E-state index is -4.84. The SMILES string of the molecule is CC(=O)c1ccc(Oc2ccc3nc(C)sc3c2)cc1OC(C)(c1ccc(Oc2ccc3nc(C)sc3c2)cc1)C(F)(F)F. The number of rotatable bonds is 8. The van der Waals surface area contributed by atoms with Crippen molar-refractivity contribution < 1.29 is 32.2 Å². The van der Waals surface area contributed by atoms with E-state index >= 15 is 0 Å². The summed E-state index contributed by atoms with van der Waals surface area (Å²) < 4.78 is 63.6. The molecule has 2 aromatic heterocycles. The molecule has 0 fully saturated rings. The van der Waals surface area contributed by atoms with Gasteiger partial charge in [0.2, 0.25) is 5.60 Å². The Morgan fingerprint density at radius 2 is 1.18 bits per heavy atom. The first kappa shape index (κ1) is 29.6. The molecule has 2 heterocycles. The van der Waals surface area contributed by atoms with E-state index in [9.17, 15) is 18.0 Å². The van der Waals surface area contributed by atoms with E-state index in [1.807, 2.05) is 32.0 Å². The van der Waals surface area contributed by atoms with Crippen molar-refractivity contribution in [2.75, 3.05) is 0 Å². The molecule has 6 rings (SSSR count). The zero-order chi connectivity index (χ0) is 31.2. The van der Waals surface area contributed by atoms with E-state index < -0.39 is 17.6 Å². The average molecular weight is 635 g/mol. The van der Waals surface area contributed by atoms with Crippen LogP contribution in [0.1, 0.15) is 39.8 Å². The van der Waals surface area contributed by atoms with Gasteiger partial charge in [-0.25, -0.2) is 9.97 Å². The van der Waals surface area contributed by atoms with Crippen LogP contribution in [0.5, 0.6) is 28.7 Å². The van der Waals surface area contributed by atoms with Gasteiger partial charge in [0, 0.05) is 23.8 Å². The van der Waals surface area contributed by atoms with E-state index in [-0.39, 0.29) is 22.6 Å². The molecular weight excluding hydrogens is 610 g/mol. The number of halogens is 3. The summed E-state index contributed by atoms with van der Waals surface area (Å²) in [5.41, 5.74) is -1.30. The number of hydrogen-bond donors (Lipinski definition) is 0. The van der Waals surface area contributed by atoms with Crippen molar-refractivity contribution in [1.29, 1.82) is 0 Å².